The van der Waals surface area contributed by atoms with Gasteiger partial charge in [-0.3, -0.25) is 4.79 Å². The minimum atomic E-state index is -0.158. The molecule has 1 aliphatic carbocycles. The zero-order valence-corrected chi connectivity index (χ0v) is 16.7. The van der Waals surface area contributed by atoms with Gasteiger partial charge in [-0.25, -0.2) is 0 Å². The van der Waals surface area contributed by atoms with Gasteiger partial charge < -0.3 is 9.73 Å². The highest BCUT2D eigenvalue weighted by atomic mass is 16.3. The van der Waals surface area contributed by atoms with Gasteiger partial charge in [0.15, 0.2) is 5.76 Å². The zero-order valence-electron chi connectivity index (χ0n) is 16.7. The molecular weight excluding hydrogens is 358 g/mol. The summed E-state index contributed by atoms with van der Waals surface area (Å²) in [7, 11) is 0. The summed E-state index contributed by atoms with van der Waals surface area (Å²) >= 11 is 0. The highest BCUT2D eigenvalue weighted by molar-refractivity contribution is 6.08. The second kappa shape index (κ2) is 7.40. The summed E-state index contributed by atoms with van der Waals surface area (Å²) in [6.45, 7) is 2.11. The zero-order chi connectivity index (χ0) is 19.8. The van der Waals surface area contributed by atoms with Gasteiger partial charge in [-0.1, -0.05) is 55.5 Å². The predicted octanol–water partition coefficient (Wildman–Crippen LogP) is 6.35. The lowest BCUT2D eigenvalue weighted by Crippen LogP contribution is -2.28. The molecule has 5 rings (SSSR count). The monoisotopic (exact) mass is 383 g/mol. The Morgan fingerprint density at radius 3 is 2.66 bits per heavy atom. The number of hydrogen-bond acceptors (Lipinski definition) is 2. The molecule has 0 aliphatic heterocycles. The number of rotatable bonds is 4. The molecule has 1 atom stereocenters. The van der Waals surface area contributed by atoms with E-state index in [1.807, 2.05) is 30.3 Å². The van der Waals surface area contributed by atoms with E-state index in [0.717, 1.165) is 34.6 Å². The Hall–Kier alpha value is -3.07. The Balaban J connectivity index is 1.43. The van der Waals surface area contributed by atoms with Crippen LogP contribution in [0.5, 0.6) is 0 Å². The van der Waals surface area contributed by atoms with Crippen LogP contribution in [0.15, 0.2) is 65.1 Å². The van der Waals surface area contributed by atoms with Crippen molar-refractivity contribution in [3.05, 3.63) is 83.1 Å². The molecule has 1 aliphatic rings. The molecule has 0 saturated carbocycles. The van der Waals surface area contributed by atoms with Gasteiger partial charge in [-0.15, -0.1) is 0 Å². The molecule has 1 amide bonds. The summed E-state index contributed by atoms with van der Waals surface area (Å²) < 4.78 is 5.90. The molecule has 1 heterocycles. The van der Waals surface area contributed by atoms with E-state index in [1.165, 1.54) is 36.0 Å². The minimum Gasteiger partial charge on any atom is -0.451 e. The van der Waals surface area contributed by atoms with Gasteiger partial charge in [0.05, 0.1) is 6.04 Å². The van der Waals surface area contributed by atoms with Crippen molar-refractivity contribution in [2.75, 3.05) is 0 Å². The first kappa shape index (κ1) is 18.0. The van der Waals surface area contributed by atoms with Gasteiger partial charge in [0.2, 0.25) is 0 Å². The van der Waals surface area contributed by atoms with Crippen molar-refractivity contribution in [1.82, 2.24) is 5.32 Å². The van der Waals surface area contributed by atoms with Crippen LogP contribution in [-0.2, 0) is 12.8 Å². The molecule has 29 heavy (non-hydrogen) atoms. The fourth-order valence-corrected chi connectivity index (χ4v) is 4.52. The van der Waals surface area contributed by atoms with Crippen LogP contribution >= 0.6 is 0 Å². The number of furan rings is 1. The molecule has 0 bridgehead atoms. The summed E-state index contributed by atoms with van der Waals surface area (Å²) in [5, 5.41) is 6.42. The van der Waals surface area contributed by atoms with E-state index in [4.69, 9.17) is 4.42 Å². The Kier molecular flexibility index (Phi) is 4.59. The highest BCUT2D eigenvalue weighted by Gasteiger charge is 2.20. The second-order valence-corrected chi connectivity index (χ2v) is 7.98. The number of benzene rings is 3. The standard InChI is InChI=1S/C26H25NO2/c1-2-23(20-12-11-17-7-3-4-9-19(17)15-20)27-26(28)25-16-22-21-10-6-5-8-18(21)13-14-24(22)29-25/h5-6,8,10-16,23H,2-4,7,9H2,1H3,(H,27,28). The summed E-state index contributed by atoms with van der Waals surface area (Å²) in [5.41, 5.74) is 4.83. The lowest BCUT2D eigenvalue weighted by molar-refractivity contribution is 0.0909. The van der Waals surface area contributed by atoms with E-state index < -0.39 is 0 Å². The van der Waals surface area contributed by atoms with Gasteiger partial charge in [-0.2, -0.15) is 0 Å². The molecule has 1 unspecified atom stereocenters. The molecule has 1 aromatic heterocycles. The summed E-state index contributed by atoms with van der Waals surface area (Å²) in [6.07, 6.45) is 5.69. The van der Waals surface area contributed by atoms with Crippen LogP contribution in [0.25, 0.3) is 21.7 Å². The third kappa shape index (κ3) is 3.31. The number of amides is 1. The summed E-state index contributed by atoms with van der Waals surface area (Å²) in [4.78, 5) is 13.0. The van der Waals surface area contributed by atoms with Crippen molar-refractivity contribution < 1.29 is 9.21 Å². The molecule has 3 aromatic carbocycles. The molecule has 146 valence electrons. The molecule has 0 fully saturated rings. The molecule has 4 aromatic rings. The van der Waals surface area contributed by atoms with E-state index in [1.54, 1.807) is 0 Å². The molecule has 1 N–H and O–H groups in total. The number of hydrogen-bond donors (Lipinski definition) is 1. The Bertz CT molecular complexity index is 1200. The van der Waals surface area contributed by atoms with Crippen molar-refractivity contribution in [3.63, 3.8) is 0 Å². The fourth-order valence-electron chi connectivity index (χ4n) is 4.52. The van der Waals surface area contributed by atoms with Crippen LogP contribution in [-0.4, -0.2) is 5.91 Å². The van der Waals surface area contributed by atoms with E-state index in [9.17, 15) is 4.79 Å². The van der Waals surface area contributed by atoms with Crippen molar-refractivity contribution in [3.8, 4) is 0 Å². The van der Waals surface area contributed by atoms with E-state index in [2.05, 4.69) is 42.6 Å². The van der Waals surface area contributed by atoms with E-state index in [-0.39, 0.29) is 11.9 Å². The quantitative estimate of drug-likeness (QED) is 0.446. The average molecular weight is 383 g/mol. The van der Waals surface area contributed by atoms with Gasteiger partial charge in [-0.05, 0) is 71.7 Å². The van der Waals surface area contributed by atoms with Crippen molar-refractivity contribution in [1.29, 1.82) is 0 Å². The third-order valence-corrected chi connectivity index (χ3v) is 6.14. The van der Waals surface area contributed by atoms with Crippen molar-refractivity contribution in [2.24, 2.45) is 0 Å². The molecule has 0 radical (unpaired) electrons. The number of nitrogens with one attached hydrogen (secondary N) is 1. The van der Waals surface area contributed by atoms with E-state index in [0.29, 0.717) is 5.76 Å². The molecule has 3 heteroatoms. The van der Waals surface area contributed by atoms with Crippen LogP contribution < -0.4 is 5.32 Å². The van der Waals surface area contributed by atoms with Gasteiger partial charge >= 0.3 is 0 Å². The van der Waals surface area contributed by atoms with Crippen molar-refractivity contribution in [2.45, 2.75) is 45.1 Å². The first-order chi connectivity index (χ1) is 14.2. The van der Waals surface area contributed by atoms with Gasteiger partial charge in [0.1, 0.15) is 5.58 Å². The van der Waals surface area contributed by atoms with E-state index >= 15 is 0 Å². The molecule has 0 saturated heterocycles. The Labute approximate surface area is 170 Å². The lowest BCUT2D eigenvalue weighted by Gasteiger charge is -2.21. The molecule has 3 nitrogen and oxygen atoms in total. The minimum absolute atomic E-state index is 0.0142. The van der Waals surface area contributed by atoms with Crippen LogP contribution in [0.1, 0.15) is 59.5 Å². The first-order valence-corrected chi connectivity index (χ1v) is 10.6. The first-order valence-electron chi connectivity index (χ1n) is 10.6. The van der Waals surface area contributed by atoms with Gasteiger partial charge in [0, 0.05) is 5.39 Å². The average Bonchev–Trinajstić information content (AvgIpc) is 3.22. The SMILES string of the molecule is CCC(NC(=O)c1cc2c(ccc3ccccc32)o1)c1ccc2c(c1)CCCC2. The predicted molar refractivity (Wildman–Crippen MR) is 117 cm³/mol. The van der Waals surface area contributed by atoms with Crippen LogP contribution in [0.4, 0.5) is 0 Å². The number of fused-ring (bicyclic) bond motifs is 4. The lowest BCUT2D eigenvalue weighted by atomic mass is 9.89. The highest BCUT2D eigenvalue weighted by Crippen LogP contribution is 2.29. The molecular formula is C26H25NO2. The topological polar surface area (TPSA) is 42.2 Å². The molecule has 0 spiro atoms. The largest absolute Gasteiger partial charge is 0.451 e. The summed E-state index contributed by atoms with van der Waals surface area (Å²) in [5.74, 6) is 0.211. The maximum Gasteiger partial charge on any atom is 0.287 e. The van der Waals surface area contributed by atoms with Crippen molar-refractivity contribution >= 4 is 27.6 Å². The fraction of sp³-hybridized carbons (Fsp3) is 0.269. The second-order valence-electron chi connectivity index (χ2n) is 7.98. The Morgan fingerprint density at radius 1 is 0.966 bits per heavy atom. The number of aryl methyl sites for hydroxylation is 2. The summed E-state index contributed by atoms with van der Waals surface area (Å²) in [6, 6.07) is 20.7. The Morgan fingerprint density at radius 2 is 1.79 bits per heavy atom. The normalized spacial score (nSPS) is 14.7. The maximum absolute atomic E-state index is 13.0. The third-order valence-electron chi connectivity index (χ3n) is 6.14. The van der Waals surface area contributed by atoms with Crippen LogP contribution in [0.3, 0.4) is 0 Å². The maximum atomic E-state index is 13.0. The number of carbonyl (C=O) groups excluding carboxylic acids is 1. The smallest absolute Gasteiger partial charge is 0.287 e. The number of carbonyl (C=O) groups is 1. The van der Waals surface area contributed by atoms with Gasteiger partial charge in [0.25, 0.3) is 5.91 Å². The van der Waals surface area contributed by atoms with Crippen LogP contribution in [0, 0.1) is 0 Å². The van der Waals surface area contributed by atoms with Crippen LogP contribution in [0.2, 0.25) is 0 Å².